The molecule has 0 saturated carbocycles. The highest BCUT2D eigenvalue weighted by atomic mass is 16.5. The van der Waals surface area contributed by atoms with Crippen LogP contribution < -0.4 is 11.1 Å². The minimum atomic E-state index is -0.141. The zero-order valence-corrected chi connectivity index (χ0v) is 8.17. The first-order chi connectivity index (χ1) is 6.74. The number of carbonyl (C=O) groups is 1. The van der Waals surface area contributed by atoms with E-state index in [1.165, 1.54) is 0 Å². The number of aromatic nitrogens is 1. The topological polar surface area (TPSA) is 80.1 Å². The maximum atomic E-state index is 11.4. The van der Waals surface area contributed by atoms with Crippen molar-refractivity contribution in [2.75, 3.05) is 26.0 Å². The van der Waals surface area contributed by atoms with Crippen LogP contribution in [0.4, 0.5) is 5.69 Å². The number of ether oxygens (including phenoxy) is 1. The van der Waals surface area contributed by atoms with Crippen LogP contribution in [-0.2, 0) is 4.74 Å². The van der Waals surface area contributed by atoms with E-state index in [2.05, 4.69) is 10.3 Å². The number of nitrogen functional groups attached to an aromatic ring is 1. The second kappa shape index (κ2) is 5.29. The molecule has 0 radical (unpaired) electrons. The molecule has 0 fully saturated rings. The van der Waals surface area contributed by atoms with Gasteiger partial charge in [0, 0.05) is 32.1 Å². The fourth-order valence-corrected chi connectivity index (χ4v) is 1.06. The third-order valence-electron chi connectivity index (χ3n) is 1.76. The molecule has 0 aliphatic carbocycles. The highest BCUT2D eigenvalue weighted by Gasteiger charge is 2.05. The molecular formula is C9H15N3O2. The summed E-state index contributed by atoms with van der Waals surface area (Å²) in [7, 11) is 1.63. The van der Waals surface area contributed by atoms with Crippen molar-refractivity contribution in [1.29, 1.82) is 0 Å². The number of aromatic amines is 1. The summed E-state index contributed by atoms with van der Waals surface area (Å²) in [5.41, 5.74) is 6.51. The van der Waals surface area contributed by atoms with Crippen LogP contribution in [-0.4, -0.2) is 31.2 Å². The van der Waals surface area contributed by atoms with Crippen LogP contribution in [0.3, 0.4) is 0 Å². The van der Waals surface area contributed by atoms with Gasteiger partial charge in [0.15, 0.2) is 0 Å². The number of nitrogens with one attached hydrogen (secondary N) is 2. The molecule has 4 N–H and O–H groups in total. The second-order valence-corrected chi connectivity index (χ2v) is 2.95. The Bertz CT molecular complexity index is 296. The van der Waals surface area contributed by atoms with Crippen molar-refractivity contribution in [2.24, 2.45) is 0 Å². The molecule has 0 atom stereocenters. The van der Waals surface area contributed by atoms with Gasteiger partial charge in [-0.1, -0.05) is 0 Å². The van der Waals surface area contributed by atoms with Crippen LogP contribution in [0.2, 0.25) is 0 Å². The van der Waals surface area contributed by atoms with E-state index in [4.69, 9.17) is 10.5 Å². The van der Waals surface area contributed by atoms with Crippen LogP contribution in [0.25, 0.3) is 0 Å². The summed E-state index contributed by atoms with van der Waals surface area (Å²) in [5, 5.41) is 2.74. The molecule has 0 aliphatic heterocycles. The average Bonchev–Trinajstić information content (AvgIpc) is 2.59. The van der Waals surface area contributed by atoms with Crippen molar-refractivity contribution in [3.63, 3.8) is 0 Å². The van der Waals surface area contributed by atoms with Crippen molar-refractivity contribution < 1.29 is 9.53 Å². The zero-order chi connectivity index (χ0) is 10.4. The van der Waals surface area contributed by atoms with E-state index in [-0.39, 0.29) is 5.91 Å². The number of hydrogen-bond acceptors (Lipinski definition) is 3. The lowest BCUT2D eigenvalue weighted by molar-refractivity contribution is 0.0944. The fraction of sp³-hybridized carbons (Fsp3) is 0.444. The van der Waals surface area contributed by atoms with E-state index in [0.717, 1.165) is 6.42 Å². The summed E-state index contributed by atoms with van der Waals surface area (Å²) in [5.74, 6) is -0.141. The van der Waals surface area contributed by atoms with E-state index in [1.54, 1.807) is 19.4 Å². The summed E-state index contributed by atoms with van der Waals surface area (Å²) in [4.78, 5) is 14.2. The lowest BCUT2D eigenvalue weighted by Gasteiger charge is -2.02. The predicted octanol–water partition coefficient (Wildman–Crippen LogP) is 0.363. The van der Waals surface area contributed by atoms with Gasteiger partial charge in [-0.2, -0.15) is 0 Å². The Hall–Kier alpha value is -1.49. The number of carbonyl (C=O) groups excluding carboxylic acids is 1. The van der Waals surface area contributed by atoms with E-state index in [9.17, 15) is 4.79 Å². The number of anilines is 1. The van der Waals surface area contributed by atoms with Crippen LogP contribution in [0, 0.1) is 0 Å². The van der Waals surface area contributed by atoms with Gasteiger partial charge in [0.1, 0.15) is 5.69 Å². The molecule has 0 spiro atoms. The fourth-order valence-electron chi connectivity index (χ4n) is 1.06. The van der Waals surface area contributed by atoms with Gasteiger partial charge in [-0.15, -0.1) is 0 Å². The summed E-state index contributed by atoms with van der Waals surface area (Å²) in [6.45, 7) is 1.25. The summed E-state index contributed by atoms with van der Waals surface area (Å²) in [6.07, 6.45) is 2.39. The van der Waals surface area contributed by atoms with Crippen molar-refractivity contribution in [2.45, 2.75) is 6.42 Å². The molecule has 1 aromatic heterocycles. The van der Waals surface area contributed by atoms with Crippen LogP contribution in [0.1, 0.15) is 16.9 Å². The number of hydrogen-bond donors (Lipinski definition) is 3. The van der Waals surface area contributed by atoms with Gasteiger partial charge in [-0.3, -0.25) is 4.79 Å². The molecule has 0 unspecified atom stereocenters. The highest BCUT2D eigenvalue weighted by molar-refractivity contribution is 5.93. The van der Waals surface area contributed by atoms with Gasteiger partial charge in [0.05, 0.1) is 0 Å². The quantitative estimate of drug-likeness (QED) is 0.596. The number of H-pyrrole nitrogens is 1. The normalized spacial score (nSPS) is 10.1. The molecule has 5 heteroatoms. The molecule has 1 aromatic rings. The number of amides is 1. The Morgan fingerprint density at radius 3 is 3.07 bits per heavy atom. The molecule has 5 nitrogen and oxygen atoms in total. The third-order valence-corrected chi connectivity index (χ3v) is 1.76. The van der Waals surface area contributed by atoms with Crippen molar-refractivity contribution >= 4 is 11.6 Å². The molecule has 0 aliphatic rings. The molecule has 1 heterocycles. The first-order valence-corrected chi connectivity index (χ1v) is 4.45. The molecule has 1 rings (SSSR count). The van der Waals surface area contributed by atoms with Gasteiger partial charge in [0.25, 0.3) is 5.91 Å². The van der Waals surface area contributed by atoms with Gasteiger partial charge < -0.3 is 20.8 Å². The Balaban J connectivity index is 2.29. The molecule has 0 bridgehead atoms. The summed E-state index contributed by atoms with van der Waals surface area (Å²) < 4.78 is 4.85. The zero-order valence-electron chi connectivity index (χ0n) is 8.17. The van der Waals surface area contributed by atoms with Gasteiger partial charge in [-0.25, -0.2) is 0 Å². The largest absolute Gasteiger partial charge is 0.397 e. The Kier molecular flexibility index (Phi) is 4.00. The summed E-state index contributed by atoms with van der Waals surface area (Å²) >= 11 is 0. The van der Waals surface area contributed by atoms with E-state index in [1.807, 2.05) is 0 Å². The molecule has 0 saturated heterocycles. The molecule has 14 heavy (non-hydrogen) atoms. The van der Waals surface area contributed by atoms with Crippen LogP contribution in [0.15, 0.2) is 12.3 Å². The maximum absolute atomic E-state index is 11.4. The van der Waals surface area contributed by atoms with Crippen LogP contribution in [0.5, 0.6) is 0 Å². The van der Waals surface area contributed by atoms with Gasteiger partial charge in [-0.05, 0) is 12.5 Å². The molecule has 1 amide bonds. The average molecular weight is 197 g/mol. The Labute approximate surface area is 82.6 Å². The van der Waals surface area contributed by atoms with E-state index >= 15 is 0 Å². The summed E-state index contributed by atoms with van der Waals surface area (Å²) in [6, 6.07) is 1.60. The third kappa shape index (κ3) is 3.10. The van der Waals surface area contributed by atoms with Crippen molar-refractivity contribution in [1.82, 2.24) is 10.3 Å². The smallest absolute Gasteiger partial charge is 0.267 e. The minimum absolute atomic E-state index is 0.141. The van der Waals surface area contributed by atoms with Crippen molar-refractivity contribution in [3.8, 4) is 0 Å². The number of rotatable bonds is 5. The van der Waals surface area contributed by atoms with Gasteiger partial charge in [0.2, 0.25) is 0 Å². The van der Waals surface area contributed by atoms with E-state index < -0.39 is 0 Å². The maximum Gasteiger partial charge on any atom is 0.267 e. The SMILES string of the molecule is COCCCNC(=O)c1cc(N)c[nH]1. The highest BCUT2D eigenvalue weighted by Crippen LogP contribution is 2.03. The lowest BCUT2D eigenvalue weighted by Crippen LogP contribution is -2.25. The Morgan fingerprint density at radius 2 is 2.50 bits per heavy atom. The monoisotopic (exact) mass is 197 g/mol. The van der Waals surface area contributed by atoms with Gasteiger partial charge >= 0.3 is 0 Å². The standard InChI is InChI=1S/C9H15N3O2/c1-14-4-2-3-11-9(13)8-5-7(10)6-12-8/h5-6,12H,2-4,10H2,1H3,(H,11,13). The van der Waals surface area contributed by atoms with Crippen molar-refractivity contribution in [3.05, 3.63) is 18.0 Å². The first kappa shape index (κ1) is 10.6. The minimum Gasteiger partial charge on any atom is -0.397 e. The Morgan fingerprint density at radius 1 is 1.71 bits per heavy atom. The predicted molar refractivity (Wildman–Crippen MR) is 54.0 cm³/mol. The lowest BCUT2D eigenvalue weighted by atomic mass is 10.3. The van der Waals surface area contributed by atoms with E-state index in [0.29, 0.717) is 24.5 Å². The molecule has 78 valence electrons. The number of methoxy groups -OCH3 is 1. The number of nitrogens with two attached hydrogens (primary N) is 1. The van der Waals surface area contributed by atoms with Crippen LogP contribution >= 0.6 is 0 Å². The molecular weight excluding hydrogens is 182 g/mol. The first-order valence-electron chi connectivity index (χ1n) is 4.45. The molecule has 0 aromatic carbocycles. The second-order valence-electron chi connectivity index (χ2n) is 2.95.